The molecule has 2 bridgehead atoms. The number of carbonyl (C=O) groups is 1. The Hall–Kier alpha value is -2.15. The van der Waals surface area contributed by atoms with Crippen LogP contribution in [0, 0.1) is 17.6 Å². The van der Waals surface area contributed by atoms with Crippen LogP contribution in [0.25, 0.3) is 0 Å². The summed E-state index contributed by atoms with van der Waals surface area (Å²) >= 11 is 0. The second-order valence-corrected chi connectivity index (χ2v) is 7.76. The van der Waals surface area contributed by atoms with E-state index in [-0.39, 0.29) is 23.5 Å². The lowest BCUT2D eigenvalue weighted by atomic mass is 9.86. The summed E-state index contributed by atoms with van der Waals surface area (Å²) in [5, 5.41) is 10.3. The molecule has 0 saturated carbocycles. The Labute approximate surface area is 168 Å². The molecule has 4 nitrogen and oxygen atoms in total. The molecule has 29 heavy (non-hydrogen) atoms. The van der Waals surface area contributed by atoms with E-state index in [4.69, 9.17) is 9.47 Å². The van der Waals surface area contributed by atoms with Crippen molar-refractivity contribution in [3.05, 3.63) is 71.3 Å². The highest BCUT2D eigenvalue weighted by atomic mass is 19.1. The van der Waals surface area contributed by atoms with Gasteiger partial charge in [0, 0.05) is 19.3 Å². The highest BCUT2D eigenvalue weighted by molar-refractivity contribution is 5.82. The number of ketones is 1. The van der Waals surface area contributed by atoms with Crippen LogP contribution in [0.15, 0.2) is 48.5 Å². The topological polar surface area (TPSA) is 55.8 Å². The summed E-state index contributed by atoms with van der Waals surface area (Å²) in [6, 6.07) is 11.9. The number of aliphatic hydroxyl groups is 1. The van der Waals surface area contributed by atoms with Crippen LogP contribution >= 0.6 is 0 Å². The second-order valence-electron chi connectivity index (χ2n) is 7.76. The van der Waals surface area contributed by atoms with E-state index in [9.17, 15) is 18.7 Å². The van der Waals surface area contributed by atoms with E-state index in [2.05, 4.69) is 0 Å². The first-order valence-corrected chi connectivity index (χ1v) is 9.99. The van der Waals surface area contributed by atoms with Crippen LogP contribution in [0.4, 0.5) is 8.78 Å². The average molecular weight is 402 g/mol. The van der Waals surface area contributed by atoms with Gasteiger partial charge in [-0.3, -0.25) is 4.79 Å². The summed E-state index contributed by atoms with van der Waals surface area (Å²) in [6.45, 7) is 1.78. The van der Waals surface area contributed by atoms with E-state index in [1.165, 1.54) is 24.3 Å². The molecule has 5 atom stereocenters. The maximum atomic E-state index is 13.5. The van der Waals surface area contributed by atoms with Crippen molar-refractivity contribution in [2.24, 2.45) is 5.92 Å². The van der Waals surface area contributed by atoms with E-state index >= 15 is 0 Å². The van der Waals surface area contributed by atoms with Gasteiger partial charge in [-0.15, -0.1) is 0 Å². The number of Topliss-reactive ketones (excluding diaryl/α,β-unsaturated/α-hetero) is 1. The Morgan fingerprint density at radius 3 is 2.14 bits per heavy atom. The molecule has 0 aromatic heterocycles. The zero-order valence-corrected chi connectivity index (χ0v) is 16.1. The fourth-order valence-electron chi connectivity index (χ4n) is 4.43. The summed E-state index contributed by atoms with van der Waals surface area (Å²) in [6.07, 6.45) is -1.19. The second kappa shape index (κ2) is 8.30. The van der Waals surface area contributed by atoms with Crippen LogP contribution in [-0.2, 0) is 14.3 Å². The number of halogens is 2. The summed E-state index contributed by atoms with van der Waals surface area (Å²) in [5.74, 6) is -1.32. The van der Waals surface area contributed by atoms with E-state index in [1.54, 1.807) is 31.2 Å². The largest absolute Gasteiger partial charge is 0.390 e. The lowest BCUT2D eigenvalue weighted by Crippen LogP contribution is -2.47. The van der Waals surface area contributed by atoms with Gasteiger partial charge < -0.3 is 14.6 Å². The number of carbonyl (C=O) groups excluding carboxylic acids is 1. The number of ether oxygens (including phenoxy) is 2. The lowest BCUT2D eigenvalue weighted by Gasteiger charge is -2.38. The number of rotatable bonds is 6. The highest BCUT2D eigenvalue weighted by Crippen LogP contribution is 2.42. The molecule has 2 aliphatic heterocycles. The molecule has 0 amide bonds. The molecule has 2 aliphatic rings. The van der Waals surface area contributed by atoms with Gasteiger partial charge in [0.15, 0.2) is 0 Å². The first-order chi connectivity index (χ1) is 14.0. The number of fused-ring (bicyclic) bond motifs is 2. The number of hydrogen-bond donors (Lipinski definition) is 1. The molecule has 2 saturated heterocycles. The molecule has 0 aliphatic carbocycles. The number of hydrogen-bond acceptors (Lipinski definition) is 4. The van der Waals surface area contributed by atoms with E-state index in [1.807, 2.05) is 0 Å². The fourth-order valence-corrected chi connectivity index (χ4v) is 4.43. The van der Waals surface area contributed by atoms with Crippen molar-refractivity contribution in [2.75, 3.05) is 0 Å². The molecule has 0 spiro atoms. The van der Waals surface area contributed by atoms with Gasteiger partial charge in [-0.2, -0.15) is 0 Å². The predicted molar refractivity (Wildman–Crippen MR) is 102 cm³/mol. The fraction of sp³-hybridized carbons (Fsp3) is 0.435. The molecular weight excluding hydrogens is 378 g/mol. The molecule has 2 fully saturated rings. The molecule has 4 rings (SSSR count). The highest BCUT2D eigenvalue weighted by Gasteiger charge is 2.51. The maximum absolute atomic E-state index is 13.5. The Balaban J connectivity index is 1.68. The third-order valence-corrected chi connectivity index (χ3v) is 5.86. The smallest absolute Gasteiger partial charge is 0.141 e. The minimum absolute atomic E-state index is 0.0173. The maximum Gasteiger partial charge on any atom is 0.141 e. The molecule has 6 heteroatoms. The molecule has 2 unspecified atom stereocenters. The van der Waals surface area contributed by atoms with Crippen molar-refractivity contribution in [2.45, 2.75) is 56.7 Å². The quantitative estimate of drug-likeness (QED) is 0.795. The molecular formula is C23H24F2O4. The summed E-state index contributed by atoms with van der Waals surface area (Å²) < 4.78 is 39.2. The van der Waals surface area contributed by atoms with Crippen LogP contribution in [0.3, 0.4) is 0 Å². The molecule has 154 valence electrons. The third kappa shape index (κ3) is 4.10. The standard InChI is InChI=1S/C23H24F2O4/c1-2-18(26)21-20(12-17-11-19(27)23(21)28-17)29-22(13-3-7-15(24)8-4-13)14-5-9-16(25)10-6-14/h3-10,17,19-23,27H,2,11-12H2,1H3/t17?,19?,20-,21+,23+/m1/s1. The summed E-state index contributed by atoms with van der Waals surface area (Å²) in [5.41, 5.74) is 1.42. The molecule has 2 aromatic rings. The normalized spacial score (nSPS) is 28.7. The first-order valence-electron chi connectivity index (χ1n) is 9.99. The number of aliphatic hydroxyl groups excluding tert-OH is 1. The lowest BCUT2D eigenvalue weighted by molar-refractivity contribution is -0.164. The van der Waals surface area contributed by atoms with E-state index < -0.39 is 30.3 Å². The summed E-state index contributed by atoms with van der Waals surface area (Å²) in [4.78, 5) is 12.7. The minimum atomic E-state index is -0.691. The van der Waals surface area contributed by atoms with Gasteiger partial charge in [-0.25, -0.2) is 8.78 Å². The average Bonchev–Trinajstić information content (AvgIpc) is 3.01. The van der Waals surface area contributed by atoms with Gasteiger partial charge in [0.2, 0.25) is 0 Å². The van der Waals surface area contributed by atoms with E-state index in [0.29, 0.717) is 30.4 Å². The van der Waals surface area contributed by atoms with E-state index in [0.717, 1.165) is 0 Å². The Bertz CT molecular complexity index is 807. The van der Waals surface area contributed by atoms with Gasteiger partial charge in [-0.05, 0) is 35.4 Å². The zero-order chi connectivity index (χ0) is 20.5. The van der Waals surface area contributed by atoms with Crippen molar-refractivity contribution in [1.82, 2.24) is 0 Å². The minimum Gasteiger partial charge on any atom is -0.390 e. The Morgan fingerprint density at radius 2 is 1.62 bits per heavy atom. The Morgan fingerprint density at radius 1 is 1.07 bits per heavy atom. The van der Waals surface area contributed by atoms with Gasteiger partial charge in [0.25, 0.3) is 0 Å². The van der Waals surface area contributed by atoms with Crippen molar-refractivity contribution < 1.29 is 28.2 Å². The van der Waals surface area contributed by atoms with Crippen LogP contribution in [0.1, 0.15) is 43.4 Å². The van der Waals surface area contributed by atoms with Crippen LogP contribution < -0.4 is 0 Å². The molecule has 2 aromatic carbocycles. The van der Waals surface area contributed by atoms with Crippen molar-refractivity contribution >= 4 is 5.78 Å². The van der Waals surface area contributed by atoms with Crippen LogP contribution in [0.2, 0.25) is 0 Å². The van der Waals surface area contributed by atoms with Crippen LogP contribution in [0.5, 0.6) is 0 Å². The summed E-state index contributed by atoms with van der Waals surface area (Å²) in [7, 11) is 0. The van der Waals surface area contributed by atoms with Gasteiger partial charge >= 0.3 is 0 Å². The van der Waals surface area contributed by atoms with Crippen molar-refractivity contribution in [3.63, 3.8) is 0 Å². The number of benzene rings is 2. The Kier molecular flexibility index (Phi) is 5.76. The predicted octanol–water partition coefficient (Wildman–Crippen LogP) is 3.96. The molecule has 2 heterocycles. The van der Waals surface area contributed by atoms with Crippen molar-refractivity contribution in [3.8, 4) is 0 Å². The molecule has 0 radical (unpaired) electrons. The third-order valence-electron chi connectivity index (χ3n) is 5.86. The first kappa shape index (κ1) is 20.1. The van der Waals surface area contributed by atoms with Crippen molar-refractivity contribution in [1.29, 1.82) is 0 Å². The van der Waals surface area contributed by atoms with Gasteiger partial charge in [0.05, 0.1) is 30.3 Å². The molecule has 1 N–H and O–H groups in total. The van der Waals surface area contributed by atoms with Gasteiger partial charge in [0.1, 0.15) is 23.5 Å². The van der Waals surface area contributed by atoms with Gasteiger partial charge in [-0.1, -0.05) is 31.2 Å². The SMILES string of the molecule is CCC(=O)[C@H]1[C@H](OC(c2ccc(F)cc2)c2ccc(F)cc2)CC2CC(O)[C@@H]1O2. The zero-order valence-electron chi connectivity index (χ0n) is 16.1. The monoisotopic (exact) mass is 402 g/mol. The van der Waals surface area contributed by atoms with Crippen LogP contribution in [-0.4, -0.2) is 35.3 Å².